The number of hydrogen-bond acceptors (Lipinski definition) is 2. The number of nitrogens with one attached hydrogen (secondary N) is 3. The van der Waals surface area contributed by atoms with Crippen LogP contribution >= 0.6 is 0 Å². The van der Waals surface area contributed by atoms with E-state index in [0.717, 1.165) is 42.0 Å². The summed E-state index contributed by atoms with van der Waals surface area (Å²) in [4.78, 5) is 25.7. The molecule has 1 aliphatic rings. The van der Waals surface area contributed by atoms with Crippen molar-refractivity contribution in [2.45, 2.75) is 58.4 Å². The molecule has 2 amide bonds. The molecule has 0 saturated heterocycles. The molecule has 0 heterocycles. The third-order valence-electron chi connectivity index (χ3n) is 4.81. The number of carbonyl (C=O) groups excluding carboxylic acids is 2. The van der Waals surface area contributed by atoms with Crippen LogP contribution in [0.3, 0.4) is 0 Å². The highest BCUT2D eigenvalue weighted by molar-refractivity contribution is 5.92. The molecule has 1 saturated carbocycles. The first-order chi connectivity index (χ1) is 12.1. The summed E-state index contributed by atoms with van der Waals surface area (Å²) < 4.78 is 0. The lowest BCUT2D eigenvalue weighted by atomic mass is 9.95. The Morgan fingerprint density at radius 1 is 1.08 bits per heavy atom. The van der Waals surface area contributed by atoms with E-state index in [1.54, 1.807) is 0 Å². The zero-order chi connectivity index (χ0) is 18.1. The van der Waals surface area contributed by atoms with Gasteiger partial charge in [-0.05, 0) is 37.8 Å². The quantitative estimate of drug-likeness (QED) is 0.671. The molecule has 0 radical (unpaired) electrons. The number of anilines is 1. The van der Waals surface area contributed by atoms with Crippen molar-refractivity contribution >= 4 is 17.5 Å². The Hall–Kier alpha value is -1.88. The molecule has 1 aromatic carbocycles. The molecule has 0 aromatic heterocycles. The van der Waals surface area contributed by atoms with Gasteiger partial charge in [0.1, 0.15) is 0 Å². The Labute approximate surface area is 151 Å². The van der Waals surface area contributed by atoms with Gasteiger partial charge in [-0.2, -0.15) is 0 Å². The number of carbonyl (C=O) groups is 2. The lowest BCUT2D eigenvalue weighted by Crippen LogP contribution is -3.14. The maximum atomic E-state index is 12.4. The lowest BCUT2D eigenvalue weighted by molar-refractivity contribution is -0.883. The van der Waals surface area contributed by atoms with E-state index >= 15 is 0 Å². The maximum Gasteiger partial charge on any atom is 0.279 e. The van der Waals surface area contributed by atoms with Crippen LogP contribution in [0.25, 0.3) is 0 Å². The summed E-state index contributed by atoms with van der Waals surface area (Å²) in [5, 5.41) is 6.11. The first kappa shape index (κ1) is 19.4. The maximum absolute atomic E-state index is 12.4. The van der Waals surface area contributed by atoms with E-state index in [2.05, 4.69) is 17.6 Å². The Bertz CT molecular complexity index is 568. The Morgan fingerprint density at radius 2 is 1.76 bits per heavy atom. The van der Waals surface area contributed by atoms with Gasteiger partial charge in [0, 0.05) is 11.7 Å². The minimum Gasteiger partial charge on any atom is -0.348 e. The predicted octanol–water partition coefficient (Wildman–Crippen LogP) is 1.68. The molecule has 5 nitrogen and oxygen atoms in total. The molecule has 1 aromatic rings. The third-order valence-corrected chi connectivity index (χ3v) is 4.81. The molecule has 0 bridgehead atoms. The summed E-state index contributed by atoms with van der Waals surface area (Å²) in [6, 6.07) is 8.07. The highest BCUT2D eigenvalue weighted by atomic mass is 16.2. The van der Waals surface area contributed by atoms with Gasteiger partial charge in [0.15, 0.2) is 13.1 Å². The van der Waals surface area contributed by atoms with Crippen LogP contribution in [0.1, 0.15) is 51.0 Å². The molecule has 138 valence electrons. The van der Waals surface area contributed by atoms with Crippen LogP contribution in [0, 0.1) is 6.92 Å². The van der Waals surface area contributed by atoms with Crippen molar-refractivity contribution in [1.82, 2.24) is 5.32 Å². The number of benzene rings is 1. The minimum absolute atomic E-state index is 0.0387. The smallest absolute Gasteiger partial charge is 0.279 e. The SMILES string of the molecule is CCC[NH+](CC(=O)Nc1ccccc1C)CC(=O)NC1CCCCC1. The summed E-state index contributed by atoms with van der Waals surface area (Å²) >= 11 is 0. The number of rotatable bonds is 8. The molecule has 1 atom stereocenters. The second-order valence-corrected chi connectivity index (χ2v) is 7.12. The van der Waals surface area contributed by atoms with Gasteiger partial charge in [0.2, 0.25) is 0 Å². The van der Waals surface area contributed by atoms with E-state index in [9.17, 15) is 9.59 Å². The Morgan fingerprint density at radius 3 is 2.44 bits per heavy atom. The largest absolute Gasteiger partial charge is 0.348 e. The fourth-order valence-electron chi connectivity index (χ4n) is 3.48. The number of hydrogen-bond donors (Lipinski definition) is 3. The van der Waals surface area contributed by atoms with Crippen LogP contribution in [-0.2, 0) is 9.59 Å². The highest BCUT2D eigenvalue weighted by Gasteiger charge is 2.21. The van der Waals surface area contributed by atoms with Crippen molar-refractivity contribution in [3.05, 3.63) is 29.8 Å². The summed E-state index contributed by atoms with van der Waals surface area (Å²) in [5.74, 6) is 0.0299. The summed E-state index contributed by atoms with van der Waals surface area (Å²) in [5.41, 5.74) is 1.89. The van der Waals surface area contributed by atoms with Crippen molar-refractivity contribution in [3.8, 4) is 0 Å². The molecule has 5 heteroatoms. The van der Waals surface area contributed by atoms with Crippen molar-refractivity contribution in [1.29, 1.82) is 0 Å². The van der Waals surface area contributed by atoms with Gasteiger partial charge in [0.05, 0.1) is 6.54 Å². The van der Waals surface area contributed by atoms with E-state index in [4.69, 9.17) is 0 Å². The van der Waals surface area contributed by atoms with Gasteiger partial charge in [-0.15, -0.1) is 0 Å². The third kappa shape index (κ3) is 6.86. The number of amides is 2. The fraction of sp³-hybridized carbons (Fsp3) is 0.600. The van der Waals surface area contributed by atoms with E-state index in [-0.39, 0.29) is 11.8 Å². The number of aryl methyl sites for hydroxylation is 1. The van der Waals surface area contributed by atoms with Crippen molar-refractivity contribution in [2.24, 2.45) is 0 Å². The standard InChI is InChI=1S/C20H31N3O2/c1-3-13-23(14-19(24)21-17-10-5-4-6-11-17)15-20(25)22-18-12-8-7-9-16(18)2/h7-9,12,17H,3-6,10-11,13-15H2,1-2H3,(H,21,24)(H,22,25)/p+1. The zero-order valence-corrected chi connectivity index (χ0v) is 15.6. The van der Waals surface area contributed by atoms with E-state index in [1.807, 2.05) is 31.2 Å². The highest BCUT2D eigenvalue weighted by Crippen LogP contribution is 2.17. The molecule has 1 fully saturated rings. The summed E-state index contributed by atoms with van der Waals surface area (Å²) in [6.07, 6.45) is 6.80. The molecule has 0 aliphatic heterocycles. The Kier molecular flexibility index (Phi) is 7.92. The normalized spacial score (nSPS) is 16.2. The van der Waals surface area contributed by atoms with Gasteiger partial charge in [-0.3, -0.25) is 9.59 Å². The van der Waals surface area contributed by atoms with Crippen molar-refractivity contribution < 1.29 is 14.5 Å². The molecular formula is C20H32N3O2+. The number of quaternary nitrogens is 1. The van der Waals surface area contributed by atoms with E-state index in [1.165, 1.54) is 19.3 Å². The van der Waals surface area contributed by atoms with Crippen LogP contribution in [0.4, 0.5) is 5.69 Å². The Balaban J connectivity index is 1.83. The van der Waals surface area contributed by atoms with Crippen LogP contribution in [0.2, 0.25) is 0 Å². The van der Waals surface area contributed by atoms with Crippen LogP contribution in [0.15, 0.2) is 24.3 Å². The zero-order valence-electron chi connectivity index (χ0n) is 15.6. The first-order valence-electron chi connectivity index (χ1n) is 9.57. The molecule has 25 heavy (non-hydrogen) atoms. The molecule has 2 rings (SSSR count). The topological polar surface area (TPSA) is 62.6 Å². The molecule has 0 spiro atoms. The van der Waals surface area contributed by atoms with Crippen LogP contribution < -0.4 is 15.5 Å². The second kappa shape index (κ2) is 10.2. The fourth-order valence-corrected chi connectivity index (χ4v) is 3.48. The monoisotopic (exact) mass is 346 g/mol. The summed E-state index contributed by atoms with van der Waals surface area (Å²) in [6.45, 7) is 5.56. The average molecular weight is 346 g/mol. The number of para-hydroxylation sites is 1. The molecule has 1 unspecified atom stereocenters. The molecule has 3 N–H and O–H groups in total. The summed E-state index contributed by atoms with van der Waals surface area (Å²) in [7, 11) is 0. The molecule has 1 aliphatic carbocycles. The van der Waals surface area contributed by atoms with Gasteiger partial charge >= 0.3 is 0 Å². The van der Waals surface area contributed by atoms with Gasteiger partial charge < -0.3 is 15.5 Å². The lowest BCUT2D eigenvalue weighted by Gasteiger charge is -2.24. The molecular weight excluding hydrogens is 314 g/mol. The van der Waals surface area contributed by atoms with Gasteiger partial charge in [0.25, 0.3) is 11.8 Å². The van der Waals surface area contributed by atoms with E-state index < -0.39 is 0 Å². The average Bonchev–Trinajstić information content (AvgIpc) is 2.58. The van der Waals surface area contributed by atoms with Gasteiger partial charge in [-0.1, -0.05) is 44.4 Å². The predicted molar refractivity (Wildman–Crippen MR) is 101 cm³/mol. The van der Waals surface area contributed by atoms with Crippen LogP contribution in [0.5, 0.6) is 0 Å². The van der Waals surface area contributed by atoms with Crippen molar-refractivity contribution in [2.75, 3.05) is 25.0 Å². The second-order valence-electron chi connectivity index (χ2n) is 7.12. The minimum atomic E-state index is -0.0387. The van der Waals surface area contributed by atoms with Crippen LogP contribution in [-0.4, -0.2) is 37.5 Å². The van der Waals surface area contributed by atoms with E-state index in [0.29, 0.717) is 19.1 Å². The van der Waals surface area contributed by atoms with Gasteiger partial charge in [-0.25, -0.2) is 0 Å². The first-order valence-corrected chi connectivity index (χ1v) is 9.57. The van der Waals surface area contributed by atoms with Crippen molar-refractivity contribution in [3.63, 3.8) is 0 Å².